The predicted molar refractivity (Wildman–Crippen MR) is 112 cm³/mol. The minimum absolute atomic E-state index is 0.0646. The summed E-state index contributed by atoms with van der Waals surface area (Å²) in [7, 11) is 0. The topological polar surface area (TPSA) is 61.4 Å². The molecule has 1 heterocycles. The van der Waals surface area contributed by atoms with Gasteiger partial charge in [0, 0.05) is 18.8 Å². The third kappa shape index (κ3) is 5.56. The third-order valence-electron chi connectivity index (χ3n) is 5.30. The highest BCUT2D eigenvalue weighted by molar-refractivity contribution is 5.90. The number of amides is 3. The van der Waals surface area contributed by atoms with Gasteiger partial charge < -0.3 is 15.5 Å². The number of halogens is 1. The Hall–Kier alpha value is -2.89. The Balaban J connectivity index is 1.62. The molecule has 0 bridgehead atoms. The van der Waals surface area contributed by atoms with Gasteiger partial charge in [-0.25, -0.2) is 9.18 Å². The van der Waals surface area contributed by atoms with Gasteiger partial charge in [0.25, 0.3) is 0 Å². The summed E-state index contributed by atoms with van der Waals surface area (Å²) in [6.45, 7) is 5.07. The second-order valence-electron chi connectivity index (χ2n) is 7.86. The Morgan fingerprint density at radius 3 is 2.41 bits per heavy atom. The number of piperidine rings is 1. The third-order valence-corrected chi connectivity index (χ3v) is 5.30. The molecule has 0 spiro atoms. The van der Waals surface area contributed by atoms with E-state index in [1.165, 1.54) is 12.1 Å². The number of nitrogens with one attached hydrogen (secondary N) is 2. The van der Waals surface area contributed by atoms with E-state index < -0.39 is 0 Å². The van der Waals surface area contributed by atoms with Crippen LogP contribution >= 0.6 is 0 Å². The number of carbonyl (C=O) groups is 2. The Bertz CT molecular complexity index is 824. The summed E-state index contributed by atoms with van der Waals surface area (Å²) < 4.78 is 13.2. The Kier molecular flexibility index (Phi) is 6.86. The van der Waals surface area contributed by atoms with Gasteiger partial charge in [0.15, 0.2) is 0 Å². The highest BCUT2D eigenvalue weighted by Gasteiger charge is 2.30. The molecule has 2 aromatic carbocycles. The number of urea groups is 1. The molecule has 3 amide bonds. The number of hydrogen-bond donors (Lipinski definition) is 2. The first-order chi connectivity index (χ1) is 13.9. The zero-order valence-corrected chi connectivity index (χ0v) is 16.9. The van der Waals surface area contributed by atoms with Gasteiger partial charge in [-0.05, 0) is 48.6 Å². The molecular weight excluding hydrogens is 369 g/mol. The molecule has 0 aliphatic carbocycles. The fraction of sp³-hybridized carbons (Fsp3) is 0.391. The van der Waals surface area contributed by atoms with Crippen molar-refractivity contribution in [3.8, 4) is 0 Å². The van der Waals surface area contributed by atoms with Crippen molar-refractivity contribution in [3.63, 3.8) is 0 Å². The molecule has 2 aromatic rings. The van der Waals surface area contributed by atoms with Gasteiger partial charge in [0.2, 0.25) is 5.91 Å². The van der Waals surface area contributed by atoms with E-state index in [1.807, 2.05) is 44.2 Å². The molecule has 0 aromatic heterocycles. The average molecular weight is 397 g/mol. The first kappa shape index (κ1) is 20.8. The van der Waals surface area contributed by atoms with Crippen LogP contribution in [0.25, 0.3) is 0 Å². The van der Waals surface area contributed by atoms with Crippen LogP contribution in [0.4, 0.5) is 14.9 Å². The minimum Gasteiger partial charge on any atom is -0.349 e. The minimum atomic E-state index is -0.296. The molecule has 0 saturated carbocycles. The number of anilines is 1. The second-order valence-corrected chi connectivity index (χ2v) is 7.86. The molecule has 2 atom stereocenters. The normalized spacial score (nSPS) is 17.7. The average Bonchev–Trinajstić information content (AvgIpc) is 2.73. The smallest absolute Gasteiger partial charge is 0.321 e. The molecule has 29 heavy (non-hydrogen) atoms. The summed E-state index contributed by atoms with van der Waals surface area (Å²) in [5.41, 5.74) is 1.62. The largest absolute Gasteiger partial charge is 0.349 e. The molecule has 1 aliphatic rings. The maximum absolute atomic E-state index is 13.2. The van der Waals surface area contributed by atoms with Gasteiger partial charge in [-0.2, -0.15) is 0 Å². The van der Waals surface area contributed by atoms with Gasteiger partial charge in [-0.3, -0.25) is 4.79 Å². The van der Waals surface area contributed by atoms with E-state index in [2.05, 4.69) is 10.6 Å². The summed E-state index contributed by atoms with van der Waals surface area (Å²) in [6, 6.07) is 15.1. The lowest BCUT2D eigenvalue weighted by Crippen LogP contribution is -2.47. The van der Waals surface area contributed by atoms with Crippen molar-refractivity contribution >= 4 is 17.6 Å². The van der Waals surface area contributed by atoms with Crippen molar-refractivity contribution in [3.05, 3.63) is 66.0 Å². The summed E-state index contributed by atoms with van der Waals surface area (Å²) in [5.74, 6) is -0.461. The van der Waals surface area contributed by atoms with E-state index >= 15 is 0 Å². The monoisotopic (exact) mass is 397 g/mol. The Morgan fingerprint density at radius 1 is 1.07 bits per heavy atom. The van der Waals surface area contributed by atoms with Gasteiger partial charge in [0.05, 0.1) is 12.0 Å². The maximum atomic E-state index is 13.2. The second kappa shape index (κ2) is 9.54. The first-order valence-corrected chi connectivity index (χ1v) is 10.1. The standard InChI is InChI=1S/C23H28FN3O2/c1-16(2)21(17-10-12-19(24)13-11-17)26-22(28)18-7-6-14-27(15-18)23(29)25-20-8-4-3-5-9-20/h3-5,8-13,16,18,21H,6-7,14-15H2,1-2H3,(H,25,29)(H,26,28)/t18-,21-/m0/s1. The van der Waals surface area contributed by atoms with Gasteiger partial charge >= 0.3 is 6.03 Å². The number of rotatable bonds is 5. The molecule has 154 valence electrons. The van der Waals surface area contributed by atoms with Crippen LogP contribution in [-0.2, 0) is 4.79 Å². The van der Waals surface area contributed by atoms with E-state index in [0.29, 0.717) is 13.1 Å². The Labute approximate surface area is 171 Å². The number of benzene rings is 2. The molecule has 0 radical (unpaired) electrons. The lowest BCUT2D eigenvalue weighted by molar-refractivity contribution is -0.127. The molecule has 1 aliphatic heterocycles. The van der Waals surface area contributed by atoms with Crippen LogP contribution in [0.1, 0.15) is 38.3 Å². The maximum Gasteiger partial charge on any atom is 0.321 e. The number of likely N-dealkylation sites (tertiary alicyclic amines) is 1. The van der Waals surface area contributed by atoms with Crippen molar-refractivity contribution in [2.24, 2.45) is 11.8 Å². The van der Waals surface area contributed by atoms with E-state index in [-0.39, 0.29) is 35.6 Å². The molecule has 0 unspecified atom stereocenters. The van der Waals surface area contributed by atoms with Crippen molar-refractivity contribution in [1.29, 1.82) is 0 Å². The first-order valence-electron chi connectivity index (χ1n) is 10.1. The van der Waals surface area contributed by atoms with Crippen LogP contribution in [0.5, 0.6) is 0 Å². The van der Waals surface area contributed by atoms with Crippen molar-refractivity contribution < 1.29 is 14.0 Å². The van der Waals surface area contributed by atoms with Gasteiger partial charge in [0.1, 0.15) is 5.82 Å². The summed E-state index contributed by atoms with van der Waals surface area (Å²) >= 11 is 0. The summed E-state index contributed by atoms with van der Waals surface area (Å²) in [4.78, 5) is 27.2. The van der Waals surface area contributed by atoms with E-state index in [9.17, 15) is 14.0 Å². The van der Waals surface area contributed by atoms with Gasteiger partial charge in [-0.15, -0.1) is 0 Å². The highest BCUT2D eigenvalue weighted by Crippen LogP contribution is 2.24. The number of nitrogens with zero attached hydrogens (tertiary/aromatic N) is 1. The van der Waals surface area contributed by atoms with Crippen LogP contribution in [0, 0.1) is 17.7 Å². The number of para-hydroxylation sites is 1. The van der Waals surface area contributed by atoms with E-state index in [0.717, 1.165) is 24.1 Å². The van der Waals surface area contributed by atoms with Crippen molar-refractivity contribution in [2.75, 3.05) is 18.4 Å². The van der Waals surface area contributed by atoms with E-state index in [4.69, 9.17) is 0 Å². The molecule has 5 nitrogen and oxygen atoms in total. The number of carbonyl (C=O) groups excluding carboxylic acids is 2. The fourth-order valence-electron chi connectivity index (χ4n) is 3.68. The lowest BCUT2D eigenvalue weighted by atomic mass is 9.93. The quantitative estimate of drug-likeness (QED) is 0.776. The molecule has 1 fully saturated rings. The fourth-order valence-corrected chi connectivity index (χ4v) is 3.68. The van der Waals surface area contributed by atoms with Crippen LogP contribution in [0.2, 0.25) is 0 Å². The van der Waals surface area contributed by atoms with Crippen LogP contribution < -0.4 is 10.6 Å². The summed E-state index contributed by atoms with van der Waals surface area (Å²) in [6.07, 6.45) is 1.53. The van der Waals surface area contributed by atoms with E-state index in [1.54, 1.807) is 17.0 Å². The molecule has 3 rings (SSSR count). The van der Waals surface area contributed by atoms with Crippen LogP contribution in [-0.4, -0.2) is 29.9 Å². The number of hydrogen-bond acceptors (Lipinski definition) is 2. The lowest BCUT2D eigenvalue weighted by Gasteiger charge is -2.33. The van der Waals surface area contributed by atoms with Crippen molar-refractivity contribution in [2.45, 2.75) is 32.7 Å². The molecule has 1 saturated heterocycles. The van der Waals surface area contributed by atoms with Crippen molar-refractivity contribution in [1.82, 2.24) is 10.2 Å². The highest BCUT2D eigenvalue weighted by atomic mass is 19.1. The Morgan fingerprint density at radius 2 is 1.76 bits per heavy atom. The molecule has 6 heteroatoms. The molecule has 2 N–H and O–H groups in total. The predicted octanol–water partition coefficient (Wildman–Crippen LogP) is 4.58. The van der Waals surface area contributed by atoms with Gasteiger partial charge in [-0.1, -0.05) is 44.2 Å². The zero-order valence-electron chi connectivity index (χ0n) is 16.9. The zero-order chi connectivity index (χ0) is 20.8. The SMILES string of the molecule is CC(C)[C@H](NC(=O)[C@H]1CCCN(C(=O)Nc2ccccc2)C1)c1ccc(F)cc1. The van der Waals surface area contributed by atoms with Crippen LogP contribution in [0.3, 0.4) is 0 Å². The molecular formula is C23H28FN3O2. The summed E-state index contributed by atoms with van der Waals surface area (Å²) in [5, 5.41) is 5.99. The van der Waals surface area contributed by atoms with Crippen LogP contribution in [0.15, 0.2) is 54.6 Å².